The SMILES string of the molecule is COC(=O)c1cc(F)c2c(c1)nc(-c1cc3ccc([C@@H](C)N)nc3[nH]1)n2C. The van der Waals surface area contributed by atoms with Crippen LogP contribution in [0.2, 0.25) is 0 Å². The van der Waals surface area contributed by atoms with Gasteiger partial charge in [0.1, 0.15) is 17.0 Å². The van der Waals surface area contributed by atoms with Gasteiger partial charge in [-0.15, -0.1) is 0 Å². The Kier molecular flexibility index (Phi) is 3.92. The maximum Gasteiger partial charge on any atom is 0.338 e. The van der Waals surface area contributed by atoms with Gasteiger partial charge in [-0.3, -0.25) is 0 Å². The predicted molar refractivity (Wildman–Crippen MR) is 99.7 cm³/mol. The van der Waals surface area contributed by atoms with Crippen molar-refractivity contribution in [3.05, 3.63) is 47.4 Å². The number of ether oxygens (including phenoxy) is 1. The van der Waals surface area contributed by atoms with Crippen molar-refractivity contribution in [2.45, 2.75) is 13.0 Å². The highest BCUT2D eigenvalue weighted by Gasteiger charge is 2.19. The average Bonchev–Trinajstić information content (AvgIpc) is 3.21. The molecule has 0 spiro atoms. The molecule has 3 N–H and O–H groups in total. The van der Waals surface area contributed by atoms with E-state index in [0.29, 0.717) is 28.2 Å². The minimum atomic E-state index is -0.610. The zero-order valence-corrected chi connectivity index (χ0v) is 15.1. The summed E-state index contributed by atoms with van der Waals surface area (Å²) in [7, 11) is 2.97. The lowest BCUT2D eigenvalue weighted by atomic mass is 10.2. The lowest BCUT2D eigenvalue weighted by Crippen LogP contribution is -2.06. The molecule has 0 bridgehead atoms. The summed E-state index contributed by atoms with van der Waals surface area (Å²) < 4.78 is 20.9. The van der Waals surface area contributed by atoms with Crippen LogP contribution in [0.15, 0.2) is 30.3 Å². The van der Waals surface area contributed by atoms with E-state index in [1.54, 1.807) is 11.6 Å². The zero-order valence-electron chi connectivity index (χ0n) is 15.1. The number of H-pyrrole nitrogens is 1. The molecule has 3 aromatic heterocycles. The van der Waals surface area contributed by atoms with Gasteiger partial charge in [0, 0.05) is 18.5 Å². The third kappa shape index (κ3) is 2.74. The maximum atomic E-state index is 14.6. The van der Waals surface area contributed by atoms with Crippen molar-refractivity contribution in [1.82, 2.24) is 19.5 Å². The number of nitrogens with one attached hydrogen (secondary N) is 1. The van der Waals surface area contributed by atoms with Crippen LogP contribution in [-0.2, 0) is 11.8 Å². The Morgan fingerprint density at radius 3 is 2.78 bits per heavy atom. The first-order valence-corrected chi connectivity index (χ1v) is 8.39. The van der Waals surface area contributed by atoms with Crippen LogP contribution in [-0.4, -0.2) is 32.6 Å². The summed E-state index contributed by atoms with van der Waals surface area (Å²) in [5.41, 5.74) is 8.83. The molecule has 138 valence electrons. The number of esters is 1. The highest BCUT2D eigenvalue weighted by molar-refractivity contribution is 5.95. The van der Waals surface area contributed by atoms with E-state index in [4.69, 9.17) is 5.73 Å². The molecule has 8 heteroatoms. The number of aromatic nitrogens is 4. The minimum Gasteiger partial charge on any atom is -0.465 e. The number of halogens is 1. The predicted octanol–water partition coefficient (Wildman–Crippen LogP) is 3.06. The molecule has 1 aromatic carbocycles. The summed E-state index contributed by atoms with van der Waals surface area (Å²) >= 11 is 0. The number of pyridine rings is 1. The van der Waals surface area contributed by atoms with Crippen LogP contribution in [0.25, 0.3) is 33.6 Å². The van der Waals surface area contributed by atoms with Crippen molar-refractivity contribution in [3.63, 3.8) is 0 Å². The number of aryl methyl sites for hydroxylation is 1. The molecule has 0 saturated carbocycles. The average molecular weight is 367 g/mol. The Bertz CT molecular complexity index is 1190. The van der Waals surface area contributed by atoms with Gasteiger partial charge in [-0.2, -0.15) is 0 Å². The van der Waals surface area contributed by atoms with Crippen LogP contribution in [0.5, 0.6) is 0 Å². The Morgan fingerprint density at radius 2 is 2.07 bits per heavy atom. The number of nitrogens with zero attached hydrogens (tertiary/aromatic N) is 3. The van der Waals surface area contributed by atoms with E-state index in [2.05, 4.69) is 19.7 Å². The summed E-state index contributed by atoms with van der Waals surface area (Å²) in [6.45, 7) is 1.87. The van der Waals surface area contributed by atoms with Gasteiger partial charge in [0.05, 0.1) is 29.6 Å². The first-order valence-electron chi connectivity index (χ1n) is 8.39. The molecule has 0 saturated heterocycles. The number of aromatic amines is 1. The Hall–Kier alpha value is -3.26. The first kappa shape index (κ1) is 17.2. The number of hydrogen-bond acceptors (Lipinski definition) is 5. The topological polar surface area (TPSA) is 98.8 Å². The van der Waals surface area contributed by atoms with Crippen LogP contribution < -0.4 is 5.73 Å². The highest BCUT2D eigenvalue weighted by atomic mass is 19.1. The van der Waals surface area contributed by atoms with Gasteiger partial charge in [0.15, 0.2) is 5.82 Å². The number of carbonyl (C=O) groups excluding carboxylic acids is 1. The van der Waals surface area contributed by atoms with Crippen LogP contribution >= 0.6 is 0 Å². The van der Waals surface area contributed by atoms with Crippen molar-refractivity contribution in [2.24, 2.45) is 12.8 Å². The Labute approximate surface area is 154 Å². The number of benzene rings is 1. The van der Waals surface area contributed by atoms with Crippen molar-refractivity contribution in [1.29, 1.82) is 0 Å². The van der Waals surface area contributed by atoms with Gasteiger partial charge >= 0.3 is 5.97 Å². The summed E-state index contributed by atoms with van der Waals surface area (Å²) in [6, 6.07) is 8.20. The number of imidazole rings is 1. The van der Waals surface area contributed by atoms with Crippen LogP contribution in [0.4, 0.5) is 4.39 Å². The van der Waals surface area contributed by atoms with Crippen molar-refractivity contribution in [3.8, 4) is 11.5 Å². The second-order valence-corrected chi connectivity index (χ2v) is 6.46. The third-order valence-corrected chi connectivity index (χ3v) is 4.55. The smallest absolute Gasteiger partial charge is 0.338 e. The summed E-state index contributed by atoms with van der Waals surface area (Å²) in [5.74, 6) is -0.616. The minimum absolute atomic E-state index is 0.118. The molecule has 0 radical (unpaired) electrons. The van der Waals surface area contributed by atoms with Crippen molar-refractivity contribution in [2.75, 3.05) is 7.11 Å². The third-order valence-electron chi connectivity index (χ3n) is 4.55. The Morgan fingerprint density at radius 1 is 1.30 bits per heavy atom. The number of carbonyl (C=O) groups is 1. The van der Waals surface area contributed by atoms with E-state index in [1.165, 1.54) is 13.2 Å². The first-order chi connectivity index (χ1) is 12.9. The molecule has 0 unspecified atom stereocenters. The maximum absolute atomic E-state index is 14.6. The van der Waals surface area contributed by atoms with Crippen LogP contribution in [0.3, 0.4) is 0 Å². The molecule has 0 aliphatic rings. The second-order valence-electron chi connectivity index (χ2n) is 6.46. The molecule has 0 fully saturated rings. The number of methoxy groups -OCH3 is 1. The van der Waals surface area contributed by atoms with E-state index in [0.717, 1.165) is 17.1 Å². The van der Waals surface area contributed by atoms with Gasteiger partial charge in [0.2, 0.25) is 0 Å². The summed E-state index contributed by atoms with van der Waals surface area (Å²) in [6.07, 6.45) is 0. The molecule has 0 amide bonds. The zero-order chi connectivity index (χ0) is 19.3. The Balaban J connectivity index is 1.88. The second kappa shape index (κ2) is 6.17. The van der Waals surface area contributed by atoms with Crippen molar-refractivity contribution < 1.29 is 13.9 Å². The molecule has 3 heterocycles. The van der Waals surface area contributed by atoms with Gasteiger partial charge in [-0.05, 0) is 37.3 Å². The normalized spacial score (nSPS) is 12.6. The van der Waals surface area contributed by atoms with Gasteiger partial charge in [0.25, 0.3) is 0 Å². The lowest BCUT2D eigenvalue weighted by molar-refractivity contribution is 0.0600. The standard InChI is InChI=1S/C19H18FN5O2/c1-9(21)13-5-4-10-7-15(23-17(10)22-13)18-24-14-8-11(19(26)27-3)6-12(20)16(14)25(18)2/h4-9H,21H2,1-3H3,(H,22,23)/t9-/m1/s1. The van der Waals surface area contributed by atoms with E-state index in [9.17, 15) is 9.18 Å². The fourth-order valence-electron chi connectivity index (χ4n) is 3.17. The van der Waals surface area contributed by atoms with Gasteiger partial charge in [-0.1, -0.05) is 0 Å². The molecule has 0 aliphatic heterocycles. The van der Waals surface area contributed by atoms with E-state index in [1.807, 2.05) is 25.1 Å². The van der Waals surface area contributed by atoms with Crippen molar-refractivity contribution >= 4 is 28.0 Å². The number of fused-ring (bicyclic) bond motifs is 2. The monoisotopic (exact) mass is 367 g/mol. The van der Waals surface area contributed by atoms with Crippen LogP contribution in [0.1, 0.15) is 29.0 Å². The molecule has 4 aromatic rings. The van der Waals surface area contributed by atoms with E-state index < -0.39 is 11.8 Å². The molecule has 0 aliphatic carbocycles. The fourth-order valence-corrected chi connectivity index (χ4v) is 3.17. The highest BCUT2D eigenvalue weighted by Crippen LogP contribution is 2.28. The molecular weight excluding hydrogens is 349 g/mol. The molecule has 1 atom stereocenters. The van der Waals surface area contributed by atoms with Gasteiger partial charge < -0.3 is 20.0 Å². The molecule has 27 heavy (non-hydrogen) atoms. The largest absolute Gasteiger partial charge is 0.465 e. The number of hydrogen-bond donors (Lipinski definition) is 2. The van der Waals surface area contributed by atoms with Gasteiger partial charge in [-0.25, -0.2) is 19.2 Å². The molecular formula is C19H18FN5O2. The van der Waals surface area contributed by atoms with E-state index in [-0.39, 0.29) is 11.6 Å². The quantitative estimate of drug-likeness (QED) is 0.542. The summed E-state index contributed by atoms with van der Waals surface area (Å²) in [4.78, 5) is 24.0. The summed E-state index contributed by atoms with van der Waals surface area (Å²) in [5, 5.41) is 0.900. The fraction of sp³-hybridized carbons (Fsp3) is 0.211. The number of nitrogens with two attached hydrogens (primary N) is 1. The lowest BCUT2D eigenvalue weighted by Gasteiger charge is -2.03. The van der Waals surface area contributed by atoms with Crippen LogP contribution in [0, 0.1) is 5.82 Å². The molecule has 7 nitrogen and oxygen atoms in total. The van der Waals surface area contributed by atoms with E-state index >= 15 is 0 Å². The molecule has 4 rings (SSSR count). The number of rotatable bonds is 3.